The number of rotatable bonds is 4. The Kier molecular flexibility index (Phi) is 6.84. The second kappa shape index (κ2) is 8.90. The SMILES string of the molecule is Cc1ccc(CC(C#N)NC(=O)C2CCCCN2C(=O)OC(C)(C)C)cc1. The van der Waals surface area contributed by atoms with Crippen LogP contribution in [0.3, 0.4) is 0 Å². The predicted octanol–water partition coefficient (Wildman–Crippen LogP) is 3.34. The van der Waals surface area contributed by atoms with Gasteiger partial charge in [-0.3, -0.25) is 9.69 Å². The maximum atomic E-state index is 12.8. The predicted molar refractivity (Wildman–Crippen MR) is 103 cm³/mol. The number of carbonyl (C=O) groups is 2. The zero-order chi connectivity index (χ0) is 20.0. The van der Waals surface area contributed by atoms with E-state index in [-0.39, 0.29) is 5.91 Å². The number of carbonyl (C=O) groups excluding carboxylic acids is 2. The number of aryl methyl sites for hydroxylation is 1. The van der Waals surface area contributed by atoms with Crippen LogP contribution in [-0.2, 0) is 16.0 Å². The fourth-order valence-corrected chi connectivity index (χ4v) is 3.10. The maximum absolute atomic E-state index is 12.8. The van der Waals surface area contributed by atoms with E-state index in [0.29, 0.717) is 19.4 Å². The highest BCUT2D eigenvalue weighted by Gasteiger charge is 2.35. The first kappa shape index (κ1) is 20.8. The molecule has 0 radical (unpaired) electrons. The van der Waals surface area contributed by atoms with E-state index in [1.807, 2.05) is 31.2 Å². The lowest BCUT2D eigenvalue weighted by Gasteiger charge is -2.36. The third kappa shape index (κ3) is 6.28. The van der Waals surface area contributed by atoms with Gasteiger partial charge in [-0.15, -0.1) is 0 Å². The van der Waals surface area contributed by atoms with E-state index in [9.17, 15) is 14.9 Å². The fourth-order valence-electron chi connectivity index (χ4n) is 3.10. The lowest BCUT2D eigenvalue weighted by Crippen LogP contribution is -2.54. The van der Waals surface area contributed by atoms with Gasteiger partial charge in [-0.25, -0.2) is 4.79 Å². The summed E-state index contributed by atoms with van der Waals surface area (Å²) in [6, 6.07) is 8.80. The quantitative estimate of drug-likeness (QED) is 0.880. The van der Waals surface area contributed by atoms with Gasteiger partial charge in [-0.1, -0.05) is 29.8 Å². The van der Waals surface area contributed by atoms with Crippen molar-refractivity contribution >= 4 is 12.0 Å². The first-order valence-corrected chi connectivity index (χ1v) is 9.45. The van der Waals surface area contributed by atoms with Gasteiger partial charge < -0.3 is 10.1 Å². The highest BCUT2D eigenvalue weighted by molar-refractivity contribution is 5.86. The van der Waals surface area contributed by atoms with Crippen LogP contribution < -0.4 is 5.32 Å². The highest BCUT2D eigenvalue weighted by Crippen LogP contribution is 2.21. The monoisotopic (exact) mass is 371 g/mol. The summed E-state index contributed by atoms with van der Waals surface area (Å²) < 4.78 is 5.44. The molecule has 1 aliphatic heterocycles. The van der Waals surface area contributed by atoms with Gasteiger partial charge in [-0.2, -0.15) is 5.26 Å². The molecule has 146 valence electrons. The molecule has 1 heterocycles. The Balaban J connectivity index is 2.03. The highest BCUT2D eigenvalue weighted by atomic mass is 16.6. The molecule has 0 aromatic heterocycles. The Bertz CT molecular complexity index is 701. The van der Waals surface area contributed by atoms with Gasteiger partial charge in [0.15, 0.2) is 0 Å². The van der Waals surface area contributed by atoms with Crippen LogP contribution in [0.5, 0.6) is 0 Å². The van der Waals surface area contributed by atoms with Crippen molar-refractivity contribution in [3.8, 4) is 6.07 Å². The van der Waals surface area contributed by atoms with Gasteiger partial charge in [0.25, 0.3) is 0 Å². The van der Waals surface area contributed by atoms with Crippen molar-refractivity contribution in [3.63, 3.8) is 0 Å². The van der Waals surface area contributed by atoms with E-state index in [4.69, 9.17) is 4.74 Å². The van der Waals surface area contributed by atoms with Gasteiger partial charge in [0, 0.05) is 13.0 Å². The molecule has 6 nitrogen and oxygen atoms in total. The van der Waals surface area contributed by atoms with Crippen LogP contribution in [0.1, 0.15) is 51.2 Å². The molecular formula is C21H29N3O3. The number of nitrogens with one attached hydrogen (secondary N) is 1. The van der Waals surface area contributed by atoms with Crippen LogP contribution in [0.2, 0.25) is 0 Å². The normalized spacial score (nSPS) is 18.3. The molecule has 2 atom stereocenters. The molecule has 0 aliphatic carbocycles. The van der Waals surface area contributed by atoms with Crippen LogP contribution in [0, 0.1) is 18.3 Å². The number of hydrogen-bond donors (Lipinski definition) is 1. The third-order valence-electron chi connectivity index (χ3n) is 4.47. The zero-order valence-corrected chi connectivity index (χ0v) is 16.6. The molecule has 0 spiro atoms. The van der Waals surface area contributed by atoms with E-state index in [1.165, 1.54) is 4.90 Å². The van der Waals surface area contributed by atoms with Crippen LogP contribution in [0.15, 0.2) is 24.3 Å². The maximum Gasteiger partial charge on any atom is 0.410 e. The molecule has 2 unspecified atom stereocenters. The van der Waals surface area contributed by atoms with Crippen molar-refractivity contribution in [3.05, 3.63) is 35.4 Å². The van der Waals surface area contributed by atoms with Crippen molar-refractivity contribution < 1.29 is 14.3 Å². The van der Waals surface area contributed by atoms with Crippen molar-refractivity contribution in [2.75, 3.05) is 6.54 Å². The smallest absolute Gasteiger partial charge is 0.410 e. The minimum absolute atomic E-state index is 0.292. The summed E-state index contributed by atoms with van der Waals surface area (Å²) in [6.45, 7) is 7.90. The number of nitriles is 1. The van der Waals surface area contributed by atoms with Gasteiger partial charge in [-0.05, 0) is 52.5 Å². The van der Waals surface area contributed by atoms with E-state index >= 15 is 0 Å². The van der Waals surface area contributed by atoms with Crippen LogP contribution in [0.25, 0.3) is 0 Å². The van der Waals surface area contributed by atoms with E-state index in [1.54, 1.807) is 20.8 Å². The number of piperidine rings is 1. The molecule has 27 heavy (non-hydrogen) atoms. The number of hydrogen-bond acceptors (Lipinski definition) is 4. The summed E-state index contributed by atoms with van der Waals surface area (Å²) in [5.74, 6) is -0.292. The molecule has 2 amide bonds. The second-order valence-corrected chi connectivity index (χ2v) is 8.07. The van der Waals surface area contributed by atoms with Crippen molar-refractivity contribution in [1.29, 1.82) is 5.26 Å². The summed E-state index contributed by atoms with van der Waals surface area (Å²) in [4.78, 5) is 26.7. The lowest BCUT2D eigenvalue weighted by atomic mass is 10.0. The molecular weight excluding hydrogens is 342 g/mol. The zero-order valence-electron chi connectivity index (χ0n) is 16.6. The summed E-state index contributed by atoms with van der Waals surface area (Å²) in [5, 5.41) is 12.2. The van der Waals surface area contributed by atoms with E-state index in [0.717, 1.165) is 24.0 Å². The average molecular weight is 371 g/mol. The standard InChI is InChI=1S/C21H29N3O3/c1-15-8-10-16(11-9-15)13-17(14-22)23-19(25)18-7-5-6-12-24(18)20(26)27-21(2,3)4/h8-11,17-18H,5-7,12-13H2,1-4H3,(H,23,25). The number of benzene rings is 1. The summed E-state index contributed by atoms with van der Waals surface area (Å²) in [6.07, 6.45) is 2.24. The largest absolute Gasteiger partial charge is 0.444 e. The number of ether oxygens (including phenoxy) is 1. The summed E-state index contributed by atoms with van der Waals surface area (Å²) in [5.41, 5.74) is 1.52. The van der Waals surface area contributed by atoms with Crippen LogP contribution in [0.4, 0.5) is 4.79 Å². The molecule has 1 saturated heterocycles. The van der Waals surface area contributed by atoms with Crippen LogP contribution in [-0.4, -0.2) is 41.1 Å². The average Bonchev–Trinajstić information content (AvgIpc) is 2.61. The second-order valence-electron chi connectivity index (χ2n) is 8.07. The van der Waals surface area contributed by atoms with Crippen molar-refractivity contribution in [2.24, 2.45) is 0 Å². The molecule has 1 aromatic rings. The minimum atomic E-state index is -0.636. The first-order valence-electron chi connectivity index (χ1n) is 9.45. The minimum Gasteiger partial charge on any atom is -0.444 e. The Labute approximate surface area is 161 Å². The fraction of sp³-hybridized carbons (Fsp3) is 0.571. The molecule has 1 aliphatic rings. The Hall–Kier alpha value is -2.55. The van der Waals surface area contributed by atoms with Crippen molar-refractivity contribution in [2.45, 2.75) is 71.1 Å². The third-order valence-corrected chi connectivity index (χ3v) is 4.47. The van der Waals surface area contributed by atoms with Gasteiger partial charge in [0.1, 0.15) is 17.7 Å². The number of amides is 2. The van der Waals surface area contributed by atoms with Crippen LogP contribution >= 0.6 is 0 Å². The number of nitrogens with zero attached hydrogens (tertiary/aromatic N) is 2. The van der Waals surface area contributed by atoms with Crippen molar-refractivity contribution in [1.82, 2.24) is 10.2 Å². The molecule has 0 saturated carbocycles. The topological polar surface area (TPSA) is 82.4 Å². The summed E-state index contributed by atoms with van der Waals surface area (Å²) in [7, 11) is 0. The Morgan fingerprint density at radius 2 is 1.96 bits per heavy atom. The molecule has 0 bridgehead atoms. The summed E-state index contributed by atoms with van der Waals surface area (Å²) >= 11 is 0. The Morgan fingerprint density at radius 3 is 2.56 bits per heavy atom. The van der Waals surface area contributed by atoms with E-state index < -0.39 is 23.8 Å². The van der Waals surface area contributed by atoms with Gasteiger partial charge >= 0.3 is 6.09 Å². The van der Waals surface area contributed by atoms with Gasteiger partial charge in [0.2, 0.25) is 5.91 Å². The molecule has 6 heteroatoms. The van der Waals surface area contributed by atoms with Gasteiger partial charge in [0.05, 0.1) is 6.07 Å². The lowest BCUT2D eigenvalue weighted by molar-refractivity contribution is -0.128. The molecule has 1 fully saturated rings. The molecule has 2 rings (SSSR count). The first-order chi connectivity index (χ1) is 12.7. The molecule has 1 N–H and O–H groups in total. The Morgan fingerprint density at radius 1 is 1.30 bits per heavy atom. The molecule has 1 aromatic carbocycles. The number of likely N-dealkylation sites (tertiary alicyclic amines) is 1. The van der Waals surface area contributed by atoms with E-state index in [2.05, 4.69) is 11.4 Å².